The Morgan fingerprint density at radius 2 is 1.58 bits per heavy atom. The number of nitrogens with two attached hydrogens (primary N) is 2. The third kappa shape index (κ3) is 7.87. The summed E-state index contributed by atoms with van der Waals surface area (Å²) in [4.78, 5) is 65.7. The molecular weight excluding hydrogens is 558 g/mol. The zero-order valence-corrected chi connectivity index (χ0v) is 23.0. The molecule has 0 radical (unpaired) electrons. The van der Waals surface area contributed by atoms with Crippen LogP contribution >= 0.6 is 0 Å². The van der Waals surface area contributed by atoms with Crippen molar-refractivity contribution in [1.82, 2.24) is 36.1 Å². The van der Waals surface area contributed by atoms with Gasteiger partial charge in [0, 0.05) is 17.7 Å². The Bertz CT molecular complexity index is 1650. The largest absolute Gasteiger partial charge is 0.508 e. The van der Waals surface area contributed by atoms with E-state index in [4.69, 9.17) is 16.2 Å². The molecular formula is C28H29N9O6. The number of esters is 1. The van der Waals surface area contributed by atoms with Crippen LogP contribution in [0.1, 0.15) is 50.7 Å². The van der Waals surface area contributed by atoms with E-state index in [1.54, 1.807) is 12.1 Å². The summed E-state index contributed by atoms with van der Waals surface area (Å²) in [7, 11) is 1.29. The molecule has 0 saturated carbocycles. The van der Waals surface area contributed by atoms with E-state index in [2.05, 4.69) is 36.1 Å². The molecule has 4 aromatic rings. The first-order valence-corrected chi connectivity index (χ1v) is 13.0. The van der Waals surface area contributed by atoms with Crippen LogP contribution in [0, 0.1) is 0 Å². The van der Waals surface area contributed by atoms with Gasteiger partial charge in [-0.2, -0.15) is 9.97 Å². The van der Waals surface area contributed by atoms with Crippen LogP contribution in [0.4, 0.5) is 11.8 Å². The Hall–Kier alpha value is -5.86. The van der Waals surface area contributed by atoms with Gasteiger partial charge in [0.15, 0.2) is 17.0 Å². The van der Waals surface area contributed by atoms with Gasteiger partial charge >= 0.3 is 5.97 Å². The molecule has 2 heterocycles. The van der Waals surface area contributed by atoms with Crippen molar-refractivity contribution < 1.29 is 29.0 Å². The van der Waals surface area contributed by atoms with Crippen LogP contribution in [0.5, 0.6) is 5.75 Å². The average Bonchev–Trinajstić information content (AvgIpc) is 3.00. The topological polar surface area (TPSA) is 237 Å². The lowest BCUT2D eigenvalue weighted by molar-refractivity contribution is -0.142. The maximum absolute atomic E-state index is 12.6. The minimum Gasteiger partial charge on any atom is -0.508 e. The number of phenols is 1. The van der Waals surface area contributed by atoms with Crippen LogP contribution in [0.3, 0.4) is 0 Å². The number of ether oxygens (including phenoxy) is 1. The molecule has 2 aromatic carbocycles. The number of anilines is 2. The molecule has 2 aromatic heterocycles. The normalized spacial score (nSPS) is 11.4. The van der Waals surface area contributed by atoms with Gasteiger partial charge in [-0.3, -0.25) is 30.0 Å². The van der Waals surface area contributed by atoms with Crippen LogP contribution in [-0.2, 0) is 20.7 Å². The van der Waals surface area contributed by atoms with E-state index in [1.165, 1.54) is 49.7 Å². The maximum atomic E-state index is 12.6. The number of hydrazine groups is 1. The average molecular weight is 588 g/mol. The molecule has 4 rings (SSSR count). The second kappa shape index (κ2) is 13.7. The van der Waals surface area contributed by atoms with Gasteiger partial charge in [0.25, 0.3) is 11.8 Å². The summed E-state index contributed by atoms with van der Waals surface area (Å²) in [6.45, 7) is 0.313. The number of carbonyl (C=O) groups excluding carboxylic acids is 4. The molecule has 0 saturated heterocycles. The number of nitrogens with zero attached hydrogens (tertiary/aromatic N) is 4. The summed E-state index contributed by atoms with van der Waals surface area (Å²) in [6.07, 6.45) is 2.00. The van der Waals surface area contributed by atoms with E-state index in [-0.39, 0.29) is 52.3 Å². The molecule has 0 aliphatic rings. The number of phenolic OH excluding ortho intramolecular Hbond substituents is 1. The maximum Gasteiger partial charge on any atom is 0.313 e. The van der Waals surface area contributed by atoms with Gasteiger partial charge in [0.2, 0.25) is 11.9 Å². The molecule has 0 aliphatic heterocycles. The Kier molecular flexibility index (Phi) is 9.57. The zero-order valence-electron chi connectivity index (χ0n) is 23.0. The van der Waals surface area contributed by atoms with Crippen LogP contribution < -0.4 is 27.6 Å². The number of benzene rings is 2. The van der Waals surface area contributed by atoms with Gasteiger partial charge in [-0.15, -0.1) is 0 Å². The van der Waals surface area contributed by atoms with Crippen LogP contribution in [0.15, 0.2) is 54.7 Å². The smallest absolute Gasteiger partial charge is 0.313 e. The zero-order chi connectivity index (χ0) is 30.9. The number of nitrogen functional groups attached to an aromatic ring is 2. The SMILES string of the molecule is COC(=O)[C@@H](CCCNC(=O)c1ccc(O)cc1)c1ccc(C(=O)NNC(=O)Cc2cnc3nc(N)nc(N)c3n2)cc1. The predicted octanol–water partition coefficient (Wildman–Crippen LogP) is 0.760. The summed E-state index contributed by atoms with van der Waals surface area (Å²) < 4.78 is 4.95. The number of aromatic hydroxyl groups is 1. The molecule has 0 spiro atoms. The van der Waals surface area contributed by atoms with Gasteiger partial charge in [-0.05, 0) is 54.8 Å². The minimum atomic E-state index is -0.619. The number of aromatic nitrogens is 4. The van der Waals surface area contributed by atoms with E-state index in [0.29, 0.717) is 30.5 Å². The van der Waals surface area contributed by atoms with Crippen molar-refractivity contribution in [2.75, 3.05) is 25.1 Å². The first-order valence-electron chi connectivity index (χ1n) is 13.0. The first kappa shape index (κ1) is 30.1. The highest BCUT2D eigenvalue weighted by atomic mass is 16.5. The molecule has 0 bridgehead atoms. The number of carbonyl (C=O) groups is 4. The summed E-state index contributed by atoms with van der Waals surface area (Å²) in [5.41, 5.74) is 17.9. The number of rotatable bonds is 10. The Balaban J connectivity index is 1.28. The van der Waals surface area contributed by atoms with Gasteiger partial charge in [-0.1, -0.05) is 12.1 Å². The molecule has 43 heavy (non-hydrogen) atoms. The lowest BCUT2D eigenvalue weighted by Gasteiger charge is -2.16. The van der Waals surface area contributed by atoms with Crippen LogP contribution in [-0.4, -0.2) is 62.4 Å². The van der Waals surface area contributed by atoms with E-state index in [9.17, 15) is 24.3 Å². The number of hydrogen-bond acceptors (Lipinski definition) is 12. The minimum absolute atomic E-state index is 0.0285. The molecule has 1 atom stereocenters. The third-order valence-electron chi connectivity index (χ3n) is 6.30. The van der Waals surface area contributed by atoms with Gasteiger partial charge in [0.05, 0.1) is 31.3 Å². The van der Waals surface area contributed by atoms with Crippen molar-refractivity contribution in [3.8, 4) is 5.75 Å². The molecule has 0 aliphatic carbocycles. The van der Waals surface area contributed by atoms with Crippen molar-refractivity contribution >= 4 is 46.6 Å². The van der Waals surface area contributed by atoms with E-state index in [0.717, 1.165) is 0 Å². The summed E-state index contributed by atoms with van der Waals surface area (Å²) >= 11 is 0. The Morgan fingerprint density at radius 3 is 2.28 bits per heavy atom. The summed E-state index contributed by atoms with van der Waals surface area (Å²) in [5.74, 6) is -2.47. The monoisotopic (exact) mass is 587 g/mol. The van der Waals surface area contributed by atoms with Crippen molar-refractivity contribution in [3.63, 3.8) is 0 Å². The van der Waals surface area contributed by atoms with E-state index in [1.807, 2.05) is 0 Å². The summed E-state index contributed by atoms with van der Waals surface area (Å²) in [5, 5.41) is 12.1. The highest BCUT2D eigenvalue weighted by Crippen LogP contribution is 2.23. The third-order valence-corrected chi connectivity index (χ3v) is 6.30. The fourth-order valence-electron chi connectivity index (χ4n) is 4.13. The Labute approximate surface area is 245 Å². The molecule has 222 valence electrons. The second-order valence-corrected chi connectivity index (χ2v) is 9.32. The molecule has 3 amide bonds. The first-order chi connectivity index (χ1) is 20.6. The van der Waals surface area contributed by atoms with Crippen LogP contribution in [0.2, 0.25) is 0 Å². The number of amides is 3. The fraction of sp³-hybridized carbons (Fsp3) is 0.214. The van der Waals surface area contributed by atoms with Gasteiger partial charge in [0.1, 0.15) is 5.75 Å². The predicted molar refractivity (Wildman–Crippen MR) is 154 cm³/mol. The van der Waals surface area contributed by atoms with Crippen molar-refractivity contribution in [1.29, 1.82) is 0 Å². The second-order valence-electron chi connectivity index (χ2n) is 9.32. The van der Waals surface area contributed by atoms with Crippen LogP contribution in [0.25, 0.3) is 11.2 Å². The molecule has 15 heteroatoms. The standard InChI is InChI=1S/C28H29N9O6/c1-43-27(42)20(3-2-12-31-25(40)16-8-10-19(38)11-9-16)15-4-6-17(7-5-15)26(41)37-36-21(39)13-18-14-32-24-22(33-18)23(29)34-28(30)35-24/h4-11,14,20,38H,2-3,12-13H2,1H3,(H,31,40)(H,36,39)(H,37,41)(H4,29,30,32,34,35)/t20-/m0/s1. The van der Waals surface area contributed by atoms with Gasteiger partial charge < -0.3 is 26.6 Å². The van der Waals surface area contributed by atoms with E-state index < -0.39 is 23.7 Å². The fourth-order valence-corrected chi connectivity index (χ4v) is 4.13. The lowest BCUT2D eigenvalue weighted by atomic mass is 9.93. The number of methoxy groups -OCH3 is 1. The molecule has 15 nitrogen and oxygen atoms in total. The molecule has 8 N–H and O–H groups in total. The van der Waals surface area contributed by atoms with Crippen molar-refractivity contribution in [2.45, 2.75) is 25.2 Å². The van der Waals surface area contributed by atoms with Crippen molar-refractivity contribution in [2.24, 2.45) is 0 Å². The number of fused-ring (bicyclic) bond motifs is 1. The summed E-state index contributed by atoms with van der Waals surface area (Å²) in [6, 6.07) is 12.1. The quantitative estimate of drug-likeness (QED) is 0.0856. The number of hydrogen-bond donors (Lipinski definition) is 6. The highest BCUT2D eigenvalue weighted by molar-refractivity contribution is 5.96. The lowest BCUT2D eigenvalue weighted by Crippen LogP contribution is -2.42. The van der Waals surface area contributed by atoms with E-state index >= 15 is 0 Å². The Morgan fingerprint density at radius 1 is 0.907 bits per heavy atom. The van der Waals surface area contributed by atoms with Crippen molar-refractivity contribution in [3.05, 3.63) is 77.1 Å². The van der Waals surface area contributed by atoms with Gasteiger partial charge in [-0.25, -0.2) is 9.97 Å². The molecule has 0 unspecified atom stereocenters. The molecule has 0 fully saturated rings. The highest BCUT2D eigenvalue weighted by Gasteiger charge is 2.22. The number of nitrogens with one attached hydrogen (secondary N) is 3.